The number of fused-ring (bicyclic) bond motifs is 1. The van der Waals surface area contributed by atoms with Crippen LogP contribution in [-0.4, -0.2) is 36.9 Å². The van der Waals surface area contributed by atoms with Crippen molar-refractivity contribution in [1.82, 2.24) is 4.57 Å². The fourth-order valence-electron chi connectivity index (χ4n) is 2.13. The number of hydrogen-bond donors (Lipinski definition) is 1. The third-order valence-electron chi connectivity index (χ3n) is 3.11. The monoisotopic (exact) mass is 276 g/mol. The van der Waals surface area contributed by atoms with Crippen molar-refractivity contribution in [1.29, 1.82) is 0 Å². The number of ether oxygens (including phenoxy) is 2. The second-order valence-electron chi connectivity index (χ2n) is 4.35. The van der Waals surface area contributed by atoms with Gasteiger partial charge in [0.1, 0.15) is 6.04 Å². The van der Waals surface area contributed by atoms with Crippen LogP contribution < -0.4 is 5.73 Å². The lowest BCUT2D eigenvalue weighted by Crippen LogP contribution is -2.33. The molecule has 0 saturated heterocycles. The van der Waals surface area contributed by atoms with Gasteiger partial charge in [-0.3, -0.25) is 9.36 Å². The first kappa shape index (κ1) is 14.1. The van der Waals surface area contributed by atoms with E-state index in [1.165, 1.54) is 18.8 Å². The normalized spacial score (nSPS) is 12.2. The molecule has 1 heterocycles. The number of carbonyl (C=O) groups is 2. The molecule has 6 heteroatoms. The second kappa shape index (κ2) is 5.75. The Hall–Kier alpha value is -2.34. The molecule has 0 spiro atoms. The highest BCUT2D eigenvalue weighted by Gasteiger charge is 2.19. The summed E-state index contributed by atoms with van der Waals surface area (Å²) in [6.45, 7) is 0. The van der Waals surface area contributed by atoms with Crippen LogP contribution in [0, 0.1) is 0 Å². The van der Waals surface area contributed by atoms with E-state index in [0.29, 0.717) is 5.52 Å². The summed E-state index contributed by atoms with van der Waals surface area (Å²) >= 11 is 0. The molecule has 1 atom stereocenters. The lowest BCUT2D eigenvalue weighted by atomic mass is 10.1. The van der Waals surface area contributed by atoms with Crippen molar-refractivity contribution in [2.24, 2.45) is 5.73 Å². The number of methoxy groups -OCH3 is 2. The van der Waals surface area contributed by atoms with Crippen LogP contribution in [0.1, 0.15) is 5.56 Å². The molecule has 2 aromatic rings. The van der Waals surface area contributed by atoms with Crippen LogP contribution in [0.4, 0.5) is 4.79 Å². The summed E-state index contributed by atoms with van der Waals surface area (Å²) in [7, 11) is 2.61. The highest BCUT2D eigenvalue weighted by Crippen LogP contribution is 2.22. The Morgan fingerprint density at radius 3 is 2.60 bits per heavy atom. The van der Waals surface area contributed by atoms with E-state index in [0.717, 1.165) is 10.9 Å². The average Bonchev–Trinajstić information content (AvgIpc) is 2.84. The zero-order valence-corrected chi connectivity index (χ0v) is 11.3. The summed E-state index contributed by atoms with van der Waals surface area (Å²) in [5, 5.41) is 0.859. The molecule has 1 aromatic heterocycles. The highest BCUT2D eigenvalue weighted by atomic mass is 16.5. The maximum Gasteiger partial charge on any atom is 0.418 e. The molecule has 6 nitrogen and oxygen atoms in total. The molecule has 0 radical (unpaired) electrons. The third-order valence-corrected chi connectivity index (χ3v) is 3.11. The molecule has 0 amide bonds. The van der Waals surface area contributed by atoms with E-state index in [1.54, 1.807) is 12.3 Å². The van der Waals surface area contributed by atoms with Crippen LogP contribution in [0.25, 0.3) is 10.9 Å². The molecule has 1 aromatic carbocycles. The SMILES string of the molecule is COC(=O)C(N)Cc1cn(C(=O)OC)c2ccccc12. The molecule has 106 valence electrons. The van der Waals surface area contributed by atoms with Crippen molar-refractivity contribution in [3.8, 4) is 0 Å². The Balaban J connectivity index is 2.44. The van der Waals surface area contributed by atoms with Gasteiger partial charge in [0.2, 0.25) is 0 Å². The van der Waals surface area contributed by atoms with E-state index in [2.05, 4.69) is 4.74 Å². The van der Waals surface area contributed by atoms with E-state index in [-0.39, 0.29) is 6.42 Å². The number of hydrogen-bond acceptors (Lipinski definition) is 5. The van der Waals surface area contributed by atoms with Gasteiger partial charge in [0.25, 0.3) is 0 Å². The van der Waals surface area contributed by atoms with Crippen molar-refractivity contribution in [2.75, 3.05) is 14.2 Å². The van der Waals surface area contributed by atoms with Gasteiger partial charge in [-0.15, -0.1) is 0 Å². The number of esters is 1. The van der Waals surface area contributed by atoms with E-state index in [4.69, 9.17) is 10.5 Å². The molecule has 0 aliphatic carbocycles. The predicted molar refractivity (Wildman–Crippen MR) is 73.4 cm³/mol. The van der Waals surface area contributed by atoms with Crippen molar-refractivity contribution in [3.05, 3.63) is 36.0 Å². The first-order chi connectivity index (χ1) is 9.58. The van der Waals surface area contributed by atoms with Crippen LogP contribution in [0.2, 0.25) is 0 Å². The molecule has 0 bridgehead atoms. The predicted octanol–water partition coefficient (Wildman–Crippen LogP) is 1.30. The van der Waals surface area contributed by atoms with Crippen molar-refractivity contribution in [3.63, 3.8) is 0 Å². The topological polar surface area (TPSA) is 83.5 Å². The zero-order chi connectivity index (χ0) is 14.7. The summed E-state index contributed by atoms with van der Waals surface area (Å²) < 4.78 is 10.7. The summed E-state index contributed by atoms with van der Waals surface area (Å²) in [6, 6.07) is 6.59. The fourth-order valence-corrected chi connectivity index (χ4v) is 2.13. The van der Waals surface area contributed by atoms with Gasteiger partial charge in [-0.2, -0.15) is 0 Å². The number of aromatic nitrogens is 1. The number of carbonyl (C=O) groups excluding carboxylic acids is 2. The van der Waals surface area contributed by atoms with E-state index in [9.17, 15) is 9.59 Å². The Morgan fingerprint density at radius 2 is 1.95 bits per heavy atom. The maximum absolute atomic E-state index is 11.7. The number of nitrogens with zero attached hydrogens (tertiary/aromatic N) is 1. The molecule has 20 heavy (non-hydrogen) atoms. The molecule has 0 saturated carbocycles. The summed E-state index contributed by atoms with van der Waals surface area (Å²) in [6.07, 6.45) is 1.44. The van der Waals surface area contributed by atoms with Gasteiger partial charge in [-0.1, -0.05) is 18.2 Å². The van der Waals surface area contributed by atoms with Crippen molar-refractivity contribution >= 4 is 23.0 Å². The molecular formula is C14H16N2O4. The maximum atomic E-state index is 11.7. The lowest BCUT2D eigenvalue weighted by Gasteiger charge is -2.07. The first-order valence-electron chi connectivity index (χ1n) is 6.09. The van der Waals surface area contributed by atoms with Crippen LogP contribution in [-0.2, 0) is 20.7 Å². The summed E-state index contributed by atoms with van der Waals surface area (Å²) in [5.74, 6) is -0.486. The van der Waals surface area contributed by atoms with Gasteiger partial charge in [-0.25, -0.2) is 4.79 Å². The molecule has 2 N–H and O–H groups in total. The first-order valence-corrected chi connectivity index (χ1v) is 6.09. The van der Waals surface area contributed by atoms with Gasteiger partial charge in [0, 0.05) is 18.0 Å². The molecule has 0 aliphatic rings. The molecule has 0 fully saturated rings. The number of nitrogens with two attached hydrogens (primary N) is 1. The highest BCUT2D eigenvalue weighted by molar-refractivity contribution is 5.92. The Kier molecular flexibility index (Phi) is 4.05. The second-order valence-corrected chi connectivity index (χ2v) is 4.35. The largest absolute Gasteiger partial charge is 0.468 e. The smallest absolute Gasteiger partial charge is 0.418 e. The number of benzene rings is 1. The zero-order valence-electron chi connectivity index (χ0n) is 11.3. The minimum absolute atomic E-state index is 0.289. The van der Waals surface area contributed by atoms with Gasteiger partial charge in [-0.05, 0) is 11.6 Å². The minimum atomic E-state index is -0.767. The fraction of sp³-hybridized carbons (Fsp3) is 0.286. The quantitative estimate of drug-likeness (QED) is 0.854. The standard InChI is InChI=1S/C14H16N2O4/c1-19-13(17)11(15)7-9-8-16(14(18)20-2)12-6-4-3-5-10(9)12/h3-6,8,11H,7,15H2,1-2H3. The van der Waals surface area contributed by atoms with Crippen molar-refractivity contribution in [2.45, 2.75) is 12.5 Å². The van der Waals surface area contributed by atoms with Gasteiger partial charge in [0.15, 0.2) is 0 Å². The van der Waals surface area contributed by atoms with E-state index >= 15 is 0 Å². The van der Waals surface area contributed by atoms with Gasteiger partial charge in [0.05, 0.1) is 19.7 Å². The number of para-hydroxylation sites is 1. The van der Waals surface area contributed by atoms with Gasteiger partial charge >= 0.3 is 12.1 Å². The third kappa shape index (κ3) is 2.50. The average molecular weight is 276 g/mol. The molecular weight excluding hydrogens is 260 g/mol. The van der Waals surface area contributed by atoms with Crippen LogP contribution >= 0.6 is 0 Å². The van der Waals surface area contributed by atoms with Gasteiger partial charge < -0.3 is 15.2 Å². The van der Waals surface area contributed by atoms with E-state index < -0.39 is 18.1 Å². The summed E-state index contributed by atoms with van der Waals surface area (Å²) in [5.41, 5.74) is 7.28. The molecule has 2 rings (SSSR count). The Bertz CT molecular complexity index is 648. The van der Waals surface area contributed by atoms with Crippen LogP contribution in [0.5, 0.6) is 0 Å². The van der Waals surface area contributed by atoms with E-state index in [1.807, 2.05) is 18.2 Å². The van der Waals surface area contributed by atoms with Crippen LogP contribution in [0.15, 0.2) is 30.5 Å². The molecule has 1 unspecified atom stereocenters. The molecule has 0 aliphatic heterocycles. The Labute approximate surface area is 116 Å². The minimum Gasteiger partial charge on any atom is -0.468 e. The Morgan fingerprint density at radius 1 is 1.25 bits per heavy atom. The number of rotatable bonds is 3. The van der Waals surface area contributed by atoms with Crippen LogP contribution in [0.3, 0.4) is 0 Å². The van der Waals surface area contributed by atoms with Crippen molar-refractivity contribution < 1.29 is 19.1 Å². The summed E-state index contributed by atoms with van der Waals surface area (Å²) in [4.78, 5) is 23.1. The lowest BCUT2D eigenvalue weighted by molar-refractivity contribution is -0.142.